The lowest BCUT2D eigenvalue weighted by molar-refractivity contribution is -0.121. The molecule has 2 unspecified atom stereocenters. The van der Waals surface area contributed by atoms with E-state index < -0.39 is 31.3 Å². The third-order valence-electron chi connectivity index (χ3n) is 9.13. The summed E-state index contributed by atoms with van der Waals surface area (Å²) in [7, 11) is 1.63. The van der Waals surface area contributed by atoms with Gasteiger partial charge in [0.05, 0.1) is 24.9 Å². The van der Waals surface area contributed by atoms with Crippen LogP contribution in [-0.2, 0) is 32.2 Å². The molecule has 0 aliphatic carbocycles. The van der Waals surface area contributed by atoms with E-state index in [1.165, 1.54) is 0 Å². The molecular weight excluding hydrogens is 686 g/mol. The molecule has 10 nitrogen and oxygen atoms in total. The van der Waals surface area contributed by atoms with E-state index in [0.717, 1.165) is 16.7 Å². The first-order valence-corrected chi connectivity index (χ1v) is 17.7. The predicted molar refractivity (Wildman–Crippen MR) is 194 cm³/mol. The molecule has 2 aliphatic rings. The minimum atomic E-state index is -3.20. The van der Waals surface area contributed by atoms with Crippen molar-refractivity contribution in [2.24, 2.45) is 0 Å². The summed E-state index contributed by atoms with van der Waals surface area (Å²) in [5.74, 6) is -2.16. The van der Waals surface area contributed by atoms with Crippen molar-refractivity contribution in [3.63, 3.8) is 0 Å². The Morgan fingerprint density at radius 3 is 2.28 bits per heavy atom. The molecular formula is C41H44F2N2O8. The van der Waals surface area contributed by atoms with Crippen molar-refractivity contribution in [1.82, 2.24) is 4.90 Å². The highest BCUT2D eigenvalue weighted by Gasteiger charge is 2.35. The number of halogens is 2. The molecule has 0 spiro atoms. The van der Waals surface area contributed by atoms with Crippen molar-refractivity contribution in [2.45, 2.75) is 44.0 Å². The standard InChI is InChI=1S/C41H44F2N2O8/c1-48-22-8-20-45-36-23-31(13-18-37(36)50-27-39(45)46)26-49-38-24-44(40(47)51-25-30-9-4-2-5-10-30)21-19-35(38)32-14-16-34(17-15-32)53-29-41(42,43)28-52-33-11-6-3-7-12-33/h2-7,9-18,23,35,38H,8,19-22,24-29H2,1H3. The number of nitrogens with zero attached hydrogens (tertiary/aromatic N) is 2. The van der Waals surface area contributed by atoms with Crippen LogP contribution in [0.4, 0.5) is 19.3 Å². The lowest BCUT2D eigenvalue weighted by atomic mass is 9.87. The zero-order valence-corrected chi connectivity index (χ0v) is 29.7. The molecule has 4 aromatic carbocycles. The van der Waals surface area contributed by atoms with Gasteiger partial charge in [-0.05, 0) is 65.9 Å². The van der Waals surface area contributed by atoms with E-state index >= 15 is 0 Å². The van der Waals surface area contributed by atoms with Gasteiger partial charge in [0.25, 0.3) is 5.91 Å². The van der Waals surface area contributed by atoms with Gasteiger partial charge in [0.2, 0.25) is 0 Å². The van der Waals surface area contributed by atoms with Crippen molar-refractivity contribution in [1.29, 1.82) is 0 Å². The molecule has 1 saturated heterocycles. The van der Waals surface area contributed by atoms with Gasteiger partial charge in [-0.25, -0.2) is 4.79 Å². The summed E-state index contributed by atoms with van der Waals surface area (Å²) in [6.07, 6.45) is 0.404. The zero-order valence-electron chi connectivity index (χ0n) is 29.7. The van der Waals surface area contributed by atoms with Crippen molar-refractivity contribution in [2.75, 3.05) is 58.1 Å². The number of fused-ring (bicyclic) bond motifs is 1. The van der Waals surface area contributed by atoms with Crippen LogP contribution in [0.15, 0.2) is 103 Å². The third kappa shape index (κ3) is 10.5. The second-order valence-electron chi connectivity index (χ2n) is 13.0. The van der Waals surface area contributed by atoms with Crippen molar-refractivity contribution < 1.29 is 46.8 Å². The molecule has 0 saturated carbocycles. The molecule has 6 rings (SSSR count). The van der Waals surface area contributed by atoms with Crippen LogP contribution in [0.5, 0.6) is 17.2 Å². The van der Waals surface area contributed by atoms with Crippen LogP contribution in [0.3, 0.4) is 0 Å². The number of hydrogen-bond donors (Lipinski definition) is 0. The van der Waals surface area contributed by atoms with Gasteiger partial charge in [0, 0.05) is 32.7 Å². The average molecular weight is 731 g/mol. The van der Waals surface area contributed by atoms with Gasteiger partial charge in [-0.2, -0.15) is 8.78 Å². The molecule has 4 aromatic rings. The summed E-state index contributed by atoms with van der Waals surface area (Å²) < 4.78 is 62.9. The molecule has 2 amide bonds. The highest BCUT2D eigenvalue weighted by molar-refractivity contribution is 5.97. The number of ether oxygens (including phenoxy) is 6. The maximum atomic E-state index is 14.6. The van der Waals surface area contributed by atoms with Crippen LogP contribution in [-0.4, -0.2) is 82.1 Å². The van der Waals surface area contributed by atoms with Gasteiger partial charge in [0.15, 0.2) is 19.8 Å². The number of amides is 2. The van der Waals surface area contributed by atoms with E-state index in [-0.39, 0.29) is 38.2 Å². The van der Waals surface area contributed by atoms with E-state index in [9.17, 15) is 18.4 Å². The first kappa shape index (κ1) is 37.6. The number of piperidine rings is 1. The Balaban J connectivity index is 1.12. The minimum Gasteiger partial charge on any atom is -0.487 e. The van der Waals surface area contributed by atoms with Gasteiger partial charge in [0.1, 0.15) is 23.9 Å². The summed E-state index contributed by atoms with van der Waals surface area (Å²) in [6, 6.07) is 30.6. The molecule has 0 bridgehead atoms. The molecule has 280 valence electrons. The van der Waals surface area contributed by atoms with Gasteiger partial charge in [-0.3, -0.25) is 4.79 Å². The topological polar surface area (TPSA) is 96.0 Å². The van der Waals surface area contributed by atoms with Crippen molar-refractivity contribution in [3.05, 3.63) is 120 Å². The highest BCUT2D eigenvalue weighted by Crippen LogP contribution is 2.36. The molecule has 53 heavy (non-hydrogen) atoms. The molecule has 2 aliphatic heterocycles. The lowest BCUT2D eigenvalue weighted by Gasteiger charge is -2.38. The Labute approximate surface area is 308 Å². The molecule has 0 aromatic heterocycles. The number of benzene rings is 4. The Bertz CT molecular complexity index is 1780. The third-order valence-corrected chi connectivity index (χ3v) is 9.13. The largest absolute Gasteiger partial charge is 0.487 e. The molecule has 12 heteroatoms. The zero-order chi connectivity index (χ0) is 37.0. The average Bonchev–Trinajstić information content (AvgIpc) is 3.19. The van der Waals surface area contributed by atoms with Gasteiger partial charge < -0.3 is 38.2 Å². The number of anilines is 1. The highest BCUT2D eigenvalue weighted by atomic mass is 19.3. The van der Waals surface area contributed by atoms with Crippen molar-refractivity contribution >= 4 is 17.7 Å². The van der Waals surface area contributed by atoms with E-state index in [2.05, 4.69) is 0 Å². The monoisotopic (exact) mass is 730 g/mol. The summed E-state index contributed by atoms with van der Waals surface area (Å²) in [5.41, 5.74) is 3.32. The summed E-state index contributed by atoms with van der Waals surface area (Å²) in [4.78, 5) is 29.3. The molecule has 2 atom stereocenters. The maximum absolute atomic E-state index is 14.6. The fraction of sp³-hybridized carbons (Fsp3) is 0.366. The number of carbonyl (C=O) groups excluding carboxylic acids is 2. The Hall–Kier alpha value is -5.20. The Morgan fingerprint density at radius 1 is 0.868 bits per heavy atom. The smallest absolute Gasteiger partial charge is 0.410 e. The van der Waals surface area contributed by atoms with Crippen LogP contribution in [0.2, 0.25) is 0 Å². The second-order valence-corrected chi connectivity index (χ2v) is 13.0. The normalized spacial score (nSPS) is 17.2. The first-order valence-electron chi connectivity index (χ1n) is 17.7. The van der Waals surface area contributed by atoms with E-state index in [1.54, 1.807) is 59.4 Å². The molecule has 0 radical (unpaired) electrons. The molecule has 1 fully saturated rings. The van der Waals surface area contributed by atoms with Gasteiger partial charge in [-0.1, -0.05) is 66.7 Å². The molecule has 2 heterocycles. The first-order chi connectivity index (χ1) is 25.8. The van der Waals surface area contributed by atoms with Crippen LogP contribution in [0, 0.1) is 0 Å². The number of carbonyl (C=O) groups is 2. The SMILES string of the molecule is COCCCN1C(=O)COc2ccc(COC3CN(C(=O)OCc4ccccc4)CCC3c3ccc(OCC(F)(F)COc4ccccc4)cc3)cc21. The summed E-state index contributed by atoms with van der Waals surface area (Å²) >= 11 is 0. The fourth-order valence-electron chi connectivity index (χ4n) is 6.34. The Kier molecular flexibility index (Phi) is 12.8. The van der Waals surface area contributed by atoms with Gasteiger partial charge >= 0.3 is 12.0 Å². The second kappa shape index (κ2) is 18.0. The van der Waals surface area contributed by atoms with Crippen LogP contribution >= 0.6 is 0 Å². The van der Waals surface area contributed by atoms with Crippen LogP contribution in [0.25, 0.3) is 0 Å². The molecule has 0 N–H and O–H groups in total. The quantitative estimate of drug-likeness (QED) is 0.111. The van der Waals surface area contributed by atoms with E-state index in [4.69, 9.17) is 28.4 Å². The number of methoxy groups -OCH3 is 1. The summed E-state index contributed by atoms with van der Waals surface area (Å²) in [5, 5.41) is 0. The number of hydrogen-bond acceptors (Lipinski definition) is 8. The van der Waals surface area contributed by atoms with Crippen LogP contribution < -0.4 is 19.1 Å². The maximum Gasteiger partial charge on any atom is 0.410 e. The Morgan fingerprint density at radius 2 is 1.57 bits per heavy atom. The predicted octanol–water partition coefficient (Wildman–Crippen LogP) is 7.25. The number of likely N-dealkylation sites (tertiary alicyclic amines) is 1. The minimum absolute atomic E-state index is 0.0231. The summed E-state index contributed by atoms with van der Waals surface area (Å²) in [6.45, 7) is 0.443. The van der Waals surface area contributed by atoms with Gasteiger partial charge in [-0.15, -0.1) is 0 Å². The van der Waals surface area contributed by atoms with E-state index in [1.807, 2.05) is 60.7 Å². The van der Waals surface area contributed by atoms with E-state index in [0.29, 0.717) is 55.5 Å². The number of rotatable bonds is 16. The number of para-hydroxylation sites is 1. The van der Waals surface area contributed by atoms with Crippen molar-refractivity contribution in [3.8, 4) is 17.2 Å². The van der Waals surface area contributed by atoms with Crippen LogP contribution in [0.1, 0.15) is 35.4 Å². The number of alkyl halides is 2. The fourth-order valence-corrected chi connectivity index (χ4v) is 6.34. The lowest BCUT2D eigenvalue weighted by Crippen LogP contribution is -2.47.